The highest BCUT2D eigenvalue weighted by Gasteiger charge is 2.28. The molecule has 1 amide bonds. The Morgan fingerprint density at radius 3 is 2.06 bits per heavy atom. The van der Waals surface area contributed by atoms with Gasteiger partial charge in [-0.1, -0.05) is 42.5 Å². The van der Waals surface area contributed by atoms with Gasteiger partial charge in [0.05, 0.1) is 26.3 Å². The number of nitrogens with one attached hydrogen (secondary N) is 1. The Morgan fingerprint density at radius 1 is 0.851 bits per heavy atom. The largest absolute Gasteiger partial charge is 0.497 e. The third kappa shape index (κ3) is 9.44. The smallest absolute Gasteiger partial charge is 0.224 e. The van der Waals surface area contributed by atoms with Crippen LogP contribution in [-0.4, -0.2) is 61.2 Å². The van der Waals surface area contributed by atoms with Crippen molar-refractivity contribution in [3.05, 3.63) is 127 Å². The number of nitrogens with two attached hydrogens (primary N) is 1. The van der Waals surface area contributed by atoms with Crippen molar-refractivity contribution in [2.24, 2.45) is 11.7 Å². The molecule has 1 aliphatic rings. The van der Waals surface area contributed by atoms with Crippen molar-refractivity contribution in [2.75, 3.05) is 40.5 Å². The molecule has 1 saturated heterocycles. The molecule has 246 valence electrons. The van der Waals surface area contributed by atoms with Gasteiger partial charge >= 0.3 is 0 Å². The minimum absolute atomic E-state index is 0.0266. The standard InChI is InChI=1S/C25H29N3O4.C11H12N2O2/c1-30-22-9-5-6-20(16-22)24(23-17-31-18-26-23)27-25(29)19-10-12-28(13-11-19)14-15-32-21-7-3-2-4-8-21;1-14-9-4-2-3-8(5-9)11(12)10-6-15-7-13-10/h2-9,16-19,24H,10-15H2,1H3,(H,27,29);2-7,11H,12H2,1H3. The van der Waals surface area contributed by atoms with E-state index in [0.29, 0.717) is 18.0 Å². The van der Waals surface area contributed by atoms with Gasteiger partial charge in [-0.2, -0.15) is 0 Å². The van der Waals surface area contributed by atoms with Crippen molar-refractivity contribution in [1.82, 2.24) is 20.2 Å². The maximum absolute atomic E-state index is 13.1. The minimum atomic E-state index is -0.381. The molecule has 0 bridgehead atoms. The molecule has 2 aromatic heterocycles. The number of benzene rings is 3. The van der Waals surface area contributed by atoms with Crippen LogP contribution in [0.4, 0.5) is 0 Å². The summed E-state index contributed by atoms with van der Waals surface area (Å²) in [4.78, 5) is 23.7. The van der Waals surface area contributed by atoms with E-state index in [1.165, 1.54) is 12.8 Å². The summed E-state index contributed by atoms with van der Waals surface area (Å²) in [5.41, 5.74) is 9.24. The second-order valence-corrected chi connectivity index (χ2v) is 11.1. The molecule has 0 saturated carbocycles. The van der Waals surface area contributed by atoms with E-state index in [9.17, 15) is 4.79 Å². The number of aromatic nitrogens is 2. The van der Waals surface area contributed by atoms with Gasteiger partial charge in [0.15, 0.2) is 12.8 Å². The van der Waals surface area contributed by atoms with Crippen molar-refractivity contribution in [3.8, 4) is 17.2 Å². The molecule has 11 heteroatoms. The number of likely N-dealkylation sites (tertiary alicyclic amines) is 1. The van der Waals surface area contributed by atoms with Gasteiger partial charge in [-0.15, -0.1) is 0 Å². The van der Waals surface area contributed by atoms with Crippen molar-refractivity contribution < 1.29 is 27.8 Å². The number of carbonyl (C=O) groups is 1. The number of oxazole rings is 2. The van der Waals surface area contributed by atoms with Gasteiger partial charge in [0.1, 0.15) is 47.8 Å². The Hall–Kier alpha value is -5.13. The number of carbonyl (C=O) groups excluding carboxylic acids is 1. The highest BCUT2D eigenvalue weighted by atomic mass is 16.5. The number of methoxy groups -OCH3 is 2. The minimum Gasteiger partial charge on any atom is -0.497 e. The fourth-order valence-electron chi connectivity index (χ4n) is 5.38. The monoisotopic (exact) mass is 639 g/mol. The van der Waals surface area contributed by atoms with Gasteiger partial charge in [-0.3, -0.25) is 9.69 Å². The number of hydrogen-bond acceptors (Lipinski definition) is 10. The average molecular weight is 640 g/mol. The molecule has 0 radical (unpaired) electrons. The zero-order chi connectivity index (χ0) is 32.8. The summed E-state index contributed by atoms with van der Waals surface area (Å²) >= 11 is 0. The van der Waals surface area contributed by atoms with E-state index in [4.69, 9.17) is 28.8 Å². The molecular weight excluding hydrogens is 598 g/mol. The lowest BCUT2D eigenvalue weighted by molar-refractivity contribution is -0.127. The van der Waals surface area contributed by atoms with Gasteiger partial charge in [0.25, 0.3) is 0 Å². The first-order valence-corrected chi connectivity index (χ1v) is 15.5. The van der Waals surface area contributed by atoms with E-state index < -0.39 is 0 Å². The van der Waals surface area contributed by atoms with E-state index in [1.54, 1.807) is 26.7 Å². The number of ether oxygens (including phenoxy) is 3. The first-order chi connectivity index (χ1) is 23.0. The van der Waals surface area contributed by atoms with Gasteiger partial charge in [-0.25, -0.2) is 9.97 Å². The summed E-state index contributed by atoms with van der Waals surface area (Å²) in [5.74, 6) is 2.42. The zero-order valence-corrected chi connectivity index (χ0v) is 26.7. The van der Waals surface area contributed by atoms with Crippen LogP contribution in [0.5, 0.6) is 17.2 Å². The third-order valence-electron chi connectivity index (χ3n) is 8.06. The lowest BCUT2D eigenvalue weighted by Crippen LogP contribution is -2.42. The molecule has 3 heterocycles. The van der Waals surface area contributed by atoms with Crippen LogP contribution in [0.1, 0.15) is 47.4 Å². The van der Waals surface area contributed by atoms with Crippen LogP contribution >= 0.6 is 0 Å². The number of amides is 1. The van der Waals surface area contributed by atoms with Crippen LogP contribution in [0.2, 0.25) is 0 Å². The summed E-state index contributed by atoms with van der Waals surface area (Å²) in [6.07, 6.45) is 7.51. The van der Waals surface area contributed by atoms with Crippen LogP contribution in [0.3, 0.4) is 0 Å². The Morgan fingerprint density at radius 2 is 1.45 bits per heavy atom. The molecule has 0 spiro atoms. The number of nitrogens with zero attached hydrogens (tertiary/aromatic N) is 3. The number of rotatable bonds is 12. The zero-order valence-electron chi connectivity index (χ0n) is 26.7. The Bertz CT molecular complexity index is 1620. The fourth-order valence-corrected chi connectivity index (χ4v) is 5.38. The summed E-state index contributed by atoms with van der Waals surface area (Å²) in [7, 11) is 3.25. The lowest BCUT2D eigenvalue weighted by atomic mass is 9.94. The molecule has 3 N–H and O–H groups in total. The lowest BCUT2D eigenvalue weighted by Gasteiger charge is -2.32. The Kier molecular flexibility index (Phi) is 12.0. The van der Waals surface area contributed by atoms with Crippen LogP contribution in [-0.2, 0) is 4.79 Å². The highest BCUT2D eigenvalue weighted by molar-refractivity contribution is 5.79. The van der Waals surface area contributed by atoms with E-state index in [0.717, 1.165) is 60.9 Å². The van der Waals surface area contributed by atoms with Crippen LogP contribution in [0, 0.1) is 5.92 Å². The second kappa shape index (κ2) is 17.0. The molecule has 1 fully saturated rings. The summed E-state index contributed by atoms with van der Waals surface area (Å²) < 4.78 is 26.3. The fraction of sp³-hybridized carbons (Fsp3) is 0.306. The van der Waals surface area contributed by atoms with Crippen LogP contribution in [0.25, 0.3) is 0 Å². The van der Waals surface area contributed by atoms with E-state index in [1.807, 2.05) is 78.9 Å². The van der Waals surface area contributed by atoms with Crippen LogP contribution in [0.15, 0.2) is 113 Å². The molecule has 5 aromatic rings. The maximum atomic E-state index is 13.1. The Balaban J connectivity index is 0.000000241. The van der Waals surface area contributed by atoms with Crippen molar-refractivity contribution in [2.45, 2.75) is 24.9 Å². The molecule has 2 unspecified atom stereocenters. The van der Waals surface area contributed by atoms with E-state index >= 15 is 0 Å². The topological polar surface area (TPSA) is 138 Å². The predicted molar refractivity (Wildman–Crippen MR) is 176 cm³/mol. The molecule has 47 heavy (non-hydrogen) atoms. The first kappa shape index (κ1) is 33.2. The van der Waals surface area contributed by atoms with Gasteiger partial charge < -0.3 is 34.1 Å². The number of piperidine rings is 1. The SMILES string of the molecule is COc1cccc(C(N)c2cocn2)c1.COc1cccc(C(NC(=O)C2CCN(CCOc3ccccc3)CC2)c2cocn2)c1. The van der Waals surface area contributed by atoms with Crippen molar-refractivity contribution in [3.63, 3.8) is 0 Å². The molecular formula is C36H41N5O6. The van der Waals surface area contributed by atoms with E-state index in [2.05, 4.69) is 20.2 Å². The van der Waals surface area contributed by atoms with E-state index in [-0.39, 0.29) is 23.9 Å². The molecule has 0 aliphatic carbocycles. The van der Waals surface area contributed by atoms with Gasteiger partial charge in [-0.05, 0) is 73.5 Å². The molecule has 6 rings (SSSR count). The highest BCUT2D eigenvalue weighted by Crippen LogP contribution is 2.26. The third-order valence-corrected chi connectivity index (χ3v) is 8.06. The van der Waals surface area contributed by atoms with Gasteiger partial charge in [0.2, 0.25) is 5.91 Å². The molecule has 1 aliphatic heterocycles. The summed E-state index contributed by atoms with van der Waals surface area (Å²) in [5, 5.41) is 3.18. The van der Waals surface area contributed by atoms with Gasteiger partial charge in [0, 0.05) is 12.5 Å². The second-order valence-electron chi connectivity index (χ2n) is 11.1. The maximum Gasteiger partial charge on any atom is 0.224 e. The predicted octanol–water partition coefficient (Wildman–Crippen LogP) is 5.41. The molecule has 3 aromatic carbocycles. The summed E-state index contributed by atoms with van der Waals surface area (Å²) in [6.45, 7) is 3.26. The average Bonchev–Trinajstić information content (AvgIpc) is 3.87. The summed E-state index contributed by atoms with van der Waals surface area (Å²) in [6, 6.07) is 24.4. The number of para-hydroxylation sites is 1. The first-order valence-electron chi connectivity index (χ1n) is 15.5. The van der Waals surface area contributed by atoms with Crippen molar-refractivity contribution >= 4 is 5.91 Å². The number of hydrogen-bond donors (Lipinski definition) is 2. The molecule has 2 atom stereocenters. The van der Waals surface area contributed by atoms with Crippen molar-refractivity contribution in [1.29, 1.82) is 0 Å². The normalized spacial score (nSPS) is 14.7. The van der Waals surface area contributed by atoms with Crippen LogP contribution < -0.4 is 25.3 Å². The quantitative estimate of drug-likeness (QED) is 0.182. The molecule has 11 nitrogen and oxygen atoms in total. The Labute approximate surface area is 274 Å².